The number of piperazine rings is 1. The number of nitrogens with zero attached hydrogens (tertiary/aromatic N) is 4. The van der Waals surface area contributed by atoms with Crippen molar-refractivity contribution in [3.8, 4) is 17.0 Å². The lowest BCUT2D eigenvalue weighted by molar-refractivity contribution is -0.127. The molecule has 0 saturated carbocycles. The summed E-state index contributed by atoms with van der Waals surface area (Å²) in [5.41, 5.74) is 3.20. The minimum absolute atomic E-state index is 0.0431. The number of piperidine rings is 1. The number of rotatable bonds is 4. The van der Waals surface area contributed by atoms with E-state index in [2.05, 4.69) is 20.4 Å². The number of ether oxygens (including phenoxy) is 1. The summed E-state index contributed by atoms with van der Waals surface area (Å²) in [5.74, 6) is 1.07. The number of fused-ring (bicyclic) bond motifs is 2. The fraction of sp³-hybridized carbons (Fsp3) is 0.423. The van der Waals surface area contributed by atoms with Gasteiger partial charge in [0.2, 0.25) is 5.91 Å². The zero-order valence-corrected chi connectivity index (χ0v) is 19.8. The van der Waals surface area contributed by atoms with Crippen molar-refractivity contribution in [3.05, 3.63) is 42.3 Å². The molecule has 35 heavy (non-hydrogen) atoms. The number of amides is 1. The van der Waals surface area contributed by atoms with Gasteiger partial charge in [-0.05, 0) is 36.6 Å². The fourth-order valence-corrected chi connectivity index (χ4v) is 5.56. The minimum atomic E-state index is -0.424. The number of halogens is 1. The van der Waals surface area contributed by atoms with Gasteiger partial charge in [-0.3, -0.25) is 4.79 Å². The molecule has 0 spiro atoms. The smallest absolute Gasteiger partial charge is 0.225 e. The number of anilines is 2. The zero-order valence-electron chi connectivity index (χ0n) is 19.8. The van der Waals surface area contributed by atoms with Crippen LogP contribution < -0.4 is 25.2 Å². The first-order valence-electron chi connectivity index (χ1n) is 12.2. The molecule has 5 heterocycles. The summed E-state index contributed by atoms with van der Waals surface area (Å²) in [4.78, 5) is 26.5. The number of aromatic nitrogens is 2. The molecule has 1 amide bonds. The Morgan fingerprint density at radius 2 is 1.94 bits per heavy atom. The molecule has 2 atom stereocenters. The van der Waals surface area contributed by atoms with E-state index in [1.54, 1.807) is 6.07 Å². The van der Waals surface area contributed by atoms with Crippen molar-refractivity contribution in [2.24, 2.45) is 11.8 Å². The molecule has 0 radical (unpaired) electrons. The van der Waals surface area contributed by atoms with Gasteiger partial charge in [0.05, 0.1) is 24.2 Å². The summed E-state index contributed by atoms with van der Waals surface area (Å²) in [7, 11) is 1.46. The molecule has 8 nitrogen and oxygen atoms in total. The van der Waals surface area contributed by atoms with Crippen LogP contribution in [0.3, 0.4) is 0 Å². The molecule has 0 aliphatic carbocycles. The Hall–Kier alpha value is -3.46. The summed E-state index contributed by atoms with van der Waals surface area (Å²) < 4.78 is 20.0. The van der Waals surface area contributed by atoms with Gasteiger partial charge in [0.25, 0.3) is 0 Å². The van der Waals surface area contributed by atoms with Crippen molar-refractivity contribution >= 4 is 28.3 Å². The molecule has 2 aromatic heterocycles. The third-order valence-corrected chi connectivity index (χ3v) is 7.48. The molecule has 3 saturated heterocycles. The molecule has 6 rings (SSSR count). The van der Waals surface area contributed by atoms with Crippen LogP contribution >= 0.6 is 0 Å². The van der Waals surface area contributed by atoms with Crippen molar-refractivity contribution in [2.45, 2.75) is 6.42 Å². The Morgan fingerprint density at radius 3 is 2.69 bits per heavy atom. The fourth-order valence-electron chi connectivity index (χ4n) is 5.56. The van der Waals surface area contributed by atoms with Gasteiger partial charge in [0.15, 0.2) is 11.6 Å². The molecule has 182 valence electrons. The molecule has 2 unspecified atom stereocenters. The van der Waals surface area contributed by atoms with Crippen molar-refractivity contribution in [1.29, 1.82) is 0 Å². The van der Waals surface area contributed by atoms with Crippen LogP contribution in [0.1, 0.15) is 6.42 Å². The van der Waals surface area contributed by atoms with E-state index < -0.39 is 5.82 Å². The number of benzene rings is 1. The summed E-state index contributed by atoms with van der Waals surface area (Å²) in [5, 5.41) is 7.06. The first-order chi connectivity index (χ1) is 17.1. The number of hydrogen-bond donors (Lipinski definition) is 2. The molecule has 3 aliphatic heterocycles. The first-order valence-corrected chi connectivity index (χ1v) is 12.2. The van der Waals surface area contributed by atoms with Crippen LogP contribution in [0.4, 0.5) is 15.9 Å². The van der Waals surface area contributed by atoms with Gasteiger partial charge in [-0.1, -0.05) is 0 Å². The molecule has 3 fully saturated rings. The maximum absolute atomic E-state index is 14.7. The highest BCUT2D eigenvalue weighted by Gasteiger charge is 2.40. The maximum atomic E-state index is 14.7. The number of pyridine rings is 2. The van der Waals surface area contributed by atoms with E-state index in [0.29, 0.717) is 24.5 Å². The van der Waals surface area contributed by atoms with Gasteiger partial charge in [-0.15, -0.1) is 0 Å². The van der Waals surface area contributed by atoms with Crippen molar-refractivity contribution < 1.29 is 13.9 Å². The van der Waals surface area contributed by atoms with Crippen LogP contribution in [0, 0.1) is 17.7 Å². The maximum Gasteiger partial charge on any atom is 0.225 e. The third-order valence-electron chi connectivity index (χ3n) is 7.48. The minimum Gasteiger partial charge on any atom is -0.494 e. The molecule has 3 aromatic rings. The van der Waals surface area contributed by atoms with E-state index in [9.17, 15) is 9.18 Å². The number of nitrogens with one attached hydrogen (secondary N) is 2. The molecule has 9 heteroatoms. The standard InChI is InChI=1S/C26H29FN6O2/c1-35-24-12-22-18(10-20(24)27)23(33-14-17-4-5-29-26(34)19(17)15-33)11-21(31-22)16-2-3-25(30-13-16)32-8-6-28-7-9-32/h2-3,10-13,17,19,28H,4-9,14-15H2,1H3,(H,29,34). The summed E-state index contributed by atoms with van der Waals surface area (Å²) >= 11 is 0. The molecule has 0 bridgehead atoms. The number of carbonyl (C=O) groups excluding carboxylic acids is 1. The molecule has 3 aliphatic rings. The summed E-state index contributed by atoms with van der Waals surface area (Å²) in [6, 6.07) is 9.22. The van der Waals surface area contributed by atoms with E-state index in [4.69, 9.17) is 14.7 Å². The largest absolute Gasteiger partial charge is 0.494 e. The van der Waals surface area contributed by atoms with Gasteiger partial charge < -0.3 is 25.2 Å². The lowest BCUT2D eigenvalue weighted by Gasteiger charge is -2.28. The third kappa shape index (κ3) is 4.03. The van der Waals surface area contributed by atoms with Gasteiger partial charge in [0.1, 0.15) is 5.82 Å². The Bertz CT molecular complexity index is 1260. The van der Waals surface area contributed by atoms with Crippen LogP contribution in [0.2, 0.25) is 0 Å². The summed E-state index contributed by atoms with van der Waals surface area (Å²) in [6.45, 7) is 5.86. The highest BCUT2D eigenvalue weighted by atomic mass is 19.1. The van der Waals surface area contributed by atoms with E-state index in [1.165, 1.54) is 13.2 Å². The number of carbonyl (C=O) groups is 1. The van der Waals surface area contributed by atoms with Crippen LogP contribution in [0.15, 0.2) is 36.5 Å². The Labute approximate surface area is 203 Å². The predicted octanol–water partition coefficient (Wildman–Crippen LogP) is 2.43. The van der Waals surface area contributed by atoms with Gasteiger partial charge >= 0.3 is 0 Å². The molecule has 1 aromatic carbocycles. The quantitative estimate of drug-likeness (QED) is 0.599. The Kier molecular flexibility index (Phi) is 5.64. The van der Waals surface area contributed by atoms with Crippen LogP contribution in [-0.4, -0.2) is 68.8 Å². The molecule has 2 N–H and O–H groups in total. The first kappa shape index (κ1) is 22.0. The second-order valence-electron chi connectivity index (χ2n) is 9.52. The monoisotopic (exact) mass is 476 g/mol. The number of methoxy groups -OCH3 is 1. The Balaban J connectivity index is 1.41. The van der Waals surface area contributed by atoms with Gasteiger partial charge in [-0.2, -0.15) is 0 Å². The lowest BCUT2D eigenvalue weighted by Crippen LogP contribution is -2.43. The number of hydrogen-bond acceptors (Lipinski definition) is 7. The van der Waals surface area contributed by atoms with E-state index in [0.717, 1.165) is 67.3 Å². The highest BCUT2D eigenvalue weighted by Crippen LogP contribution is 2.39. The van der Waals surface area contributed by atoms with Crippen LogP contribution in [0.5, 0.6) is 5.75 Å². The SMILES string of the molecule is COc1cc2nc(-c3ccc(N4CCNCC4)nc3)cc(N3CC4CCNC(=O)C4C3)c2cc1F. The van der Waals surface area contributed by atoms with Crippen molar-refractivity contribution in [3.63, 3.8) is 0 Å². The van der Waals surface area contributed by atoms with E-state index in [-0.39, 0.29) is 17.6 Å². The summed E-state index contributed by atoms with van der Waals surface area (Å²) in [6.07, 6.45) is 2.82. The second-order valence-corrected chi connectivity index (χ2v) is 9.52. The second kappa shape index (κ2) is 8.96. The van der Waals surface area contributed by atoms with E-state index in [1.807, 2.05) is 24.4 Å². The Morgan fingerprint density at radius 1 is 1.09 bits per heavy atom. The average Bonchev–Trinajstić information content (AvgIpc) is 3.34. The van der Waals surface area contributed by atoms with Gasteiger partial charge in [0, 0.05) is 74.7 Å². The normalized spacial score (nSPS) is 22.3. The van der Waals surface area contributed by atoms with Crippen LogP contribution in [0.25, 0.3) is 22.2 Å². The highest BCUT2D eigenvalue weighted by molar-refractivity contribution is 5.96. The average molecular weight is 477 g/mol. The van der Waals surface area contributed by atoms with E-state index >= 15 is 0 Å². The lowest BCUT2D eigenvalue weighted by atomic mass is 9.89. The molecular weight excluding hydrogens is 447 g/mol. The van der Waals surface area contributed by atoms with Gasteiger partial charge in [-0.25, -0.2) is 14.4 Å². The molecular formula is C26H29FN6O2. The topological polar surface area (TPSA) is 82.6 Å². The van der Waals surface area contributed by atoms with Crippen molar-refractivity contribution in [2.75, 3.05) is 62.7 Å². The predicted molar refractivity (Wildman–Crippen MR) is 133 cm³/mol. The van der Waals surface area contributed by atoms with Crippen LogP contribution in [-0.2, 0) is 4.79 Å². The van der Waals surface area contributed by atoms with Crippen molar-refractivity contribution in [1.82, 2.24) is 20.6 Å². The zero-order chi connectivity index (χ0) is 23.9.